The maximum absolute atomic E-state index is 12.6. The SMILES string of the molecule is COCC(NC(=O)c1ccc(F)cn1)C(=O)O. The number of carbonyl (C=O) groups is 2. The molecule has 0 aromatic carbocycles. The number of hydrogen-bond acceptors (Lipinski definition) is 4. The summed E-state index contributed by atoms with van der Waals surface area (Å²) in [6, 6.07) is 1.06. The van der Waals surface area contributed by atoms with Crippen LogP contribution in [0.15, 0.2) is 18.3 Å². The molecule has 1 aromatic heterocycles. The number of halogens is 1. The standard InChI is InChI=1S/C10H11FN2O4/c1-17-5-8(10(15)16)13-9(14)7-3-2-6(11)4-12-7/h2-4,8H,5H2,1H3,(H,13,14)(H,15,16). The second kappa shape index (κ2) is 5.90. The van der Waals surface area contributed by atoms with Gasteiger partial charge in [0, 0.05) is 7.11 Å². The van der Waals surface area contributed by atoms with Crippen molar-refractivity contribution in [1.82, 2.24) is 10.3 Å². The number of carboxylic acids is 1. The predicted octanol–water partition coefficient (Wildman–Crippen LogP) is 0.0501. The van der Waals surface area contributed by atoms with Crippen LogP contribution in [0.3, 0.4) is 0 Å². The Bertz CT molecular complexity index is 407. The Morgan fingerprint density at radius 1 is 1.59 bits per heavy atom. The van der Waals surface area contributed by atoms with Gasteiger partial charge in [-0.05, 0) is 12.1 Å². The van der Waals surface area contributed by atoms with Crippen LogP contribution in [0.4, 0.5) is 4.39 Å². The minimum absolute atomic E-state index is 0.0613. The smallest absolute Gasteiger partial charge is 0.328 e. The zero-order valence-electron chi connectivity index (χ0n) is 9.01. The van der Waals surface area contributed by atoms with Crippen LogP contribution in [-0.4, -0.2) is 41.7 Å². The summed E-state index contributed by atoms with van der Waals surface area (Å²) in [6.07, 6.45) is 0.876. The molecule has 0 saturated carbocycles. The molecule has 7 heteroatoms. The zero-order chi connectivity index (χ0) is 12.8. The van der Waals surface area contributed by atoms with Crippen molar-refractivity contribution in [2.75, 3.05) is 13.7 Å². The molecule has 92 valence electrons. The van der Waals surface area contributed by atoms with Gasteiger partial charge in [0.15, 0.2) is 6.04 Å². The predicted molar refractivity (Wildman–Crippen MR) is 55.0 cm³/mol. The van der Waals surface area contributed by atoms with E-state index in [9.17, 15) is 14.0 Å². The Balaban J connectivity index is 2.70. The minimum Gasteiger partial charge on any atom is -0.480 e. The summed E-state index contributed by atoms with van der Waals surface area (Å²) in [7, 11) is 1.32. The second-order valence-corrected chi connectivity index (χ2v) is 3.18. The monoisotopic (exact) mass is 242 g/mol. The van der Waals surface area contributed by atoms with Gasteiger partial charge in [0.1, 0.15) is 11.5 Å². The minimum atomic E-state index is -1.22. The van der Waals surface area contributed by atoms with Crippen LogP contribution >= 0.6 is 0 Å². The molecule has 1 atom stereocenters. The summed E-state index contributed by atoms with van der Waals surface area (Å²) < 4.78 is 17.2. The van der Waals surface area contributed by atoms with Crippen molar-refractivity contribution in [3.8, 4) is 0 Å². The quantitative estimate of drug-likeness (QED) is 0.761. The molecule has 0 spiro atoms. The lowest BCUT2D eigenvalue weighted by Gasteiger charge is -2.12. The Kier molecular flexibility index (Phi) is 4.53. The number of nitrogens with zero attached hydrogens (tertiary/aromatic N) is 1. The van der Waals surface area contributed by atoms with Gasteiger partial charge in [0.2, 0.25) is 0 Å². The van der Waals surface area contributed by atoms with E-state index in [1.165, 1.54) is 7.11 Å². The van der Waals surface area contributed by atoms with Crippen molar-refractivity contribution in [2.45, 2.75) is 6.04 Å². The third-order valence-electron chi connectivity index (χ3n) is 1.90. The first kappa shape index (κ1) is 13.0. The Labute approximate surface area is 96.4 Å². The molecular weight excluding hydrogens is 231 g/mol. The number of rotatable bonds is 5. The van der Waals surface area contributed by atoms with Gasteiger partial charge in [0.25, 0.3) is 5.91 Å². The maximum atomic E-state index is 12.6. The molecule has 0 saturated heterocycles. The summed E-state index contributed by atoms with van der Waals surface area (Å²) in [6.45, 7) is -0.164. The number of hydrogen-bond donors (Lipinski definition) is 2. The molecule has 17 heavy (non-hydrogen) atoms. The molecule has 6 nitrogen and oxygen atoms in total. The number of methoxy groups -OCH3 is 1. The molecule has 0 bridgehead atoms. The average molecular weight is 242 g/mol. The van der Waals surface area contributed by atoms with Gasteiger partial charge in [-0.15, -0.1) is 0 Å². The molecule has 0 fully saturated rings. The van der Waals surface area contributed by atoms with E-state index >= 15 is 0 Å². The highest BCUT2D eigenvalue weighted by Crippen LogP contribution is 1.99. The highest BCUT2D eigenvalue weighted by molar-refractivity contribution is 5.94. The fourth-order valence-electron chi connectivity index (χ4n) is 1.08. The molecule has 0 radical (unpaired) electrons. The summed E-state index contributed by atoms with van der Waals surface area (Å²) >= 11 is 0. The molecular formula is C10H11FN2O4. The lowest BCUT2D eigenvalue weighted by atomic mass is 10.2. The van der Waals surface area contributed by atoms with Crippen molar-refractivity contribution < 1.29 is 23.8 Å². The largest absolute Gasteiger partial charge is 0.480 e. The molecule has 1 unspecified atom stereocenters. The Morgan fingerprint density at radius 3 is 2.76 bits per heavy atom. The van der Waals surface area contributed by atoms with Crippen LogP contribution in [-0.2, 0) is 9.53 Å². The Hall–Kier alpha value is -2.02. The summed E-state index contributed by atoms with van der Waals surface area (Å²) in [5.41, 5.74) is -0.0613. The van der Waals surface area contributed by atoms with E-state index in [0.717, 1.165) is 18.3 Å². The van der Waals surface area contributed by atoms with Gasteiger partial charge >= 0.3 is 5.97 Å². The van der Waals surface area contributed by atoms with E-state index in [2.05, 4.69) is 15.0 Å². The second-order valence-electron chi connectivity index (χ2n) is 3.18. The molecule has 1 aromatic rings. The first-order valence-corrected chi connectivity index (χ1v) is 4.68. The number of aliphatic carboxylic acids is 1. The number of pyridine rings is 1. The third kappa shape index (κ3) is 3.80. The topological polar surface area (TPSA) is 88.5 Å². The lowest BCUT2D eigenvalue weighted by molar-refractivity contribution is -0.140. The van der Waals surface area contributed by atoms with E-state index in [1.807, 2.05) is 0 Å². The number of ether oxygens (including phenoxy) is 1. The normalized spacial score (nSPS) is 11.9. The molecule has 0 aliphatic rings. The maximum Gasteiger partial charge on any atom is 0.328 e. The van der Waals surface area contributed by atoms with Crippen LogP contribution in [0.5, 0.6) is 0 Å². The van der Waals surface area contributed by atoms with E-state index in [0.29, 0.717) is 0 Å². The van der Waals surface area contributed by atoms with Gasteiger partial charge < -0.3 is 15.2 Å². The van der Waals surface area contributed by atoms with E-state index in [4.69, 9.17) is 5.11 Å². The van der Waals surface area contributed by atoms with E-state index in [1.54, 1.807) is 0 Å². The number of carboxylic acid groups (broad SMARTS) is 1. The molecule has 1 heterocycles. The highest BCUT2D eigenvalue weighted by atomic mass is 19.1. The first-order chi connectivity index (χ1) is 8.04. The van der Waals surface area contributed by atoms with Crippen molar-refractivity contribution in [3.05, 3.63) is 29.8 Å². The van der Waals surface area contributed by atoms with Crippen molar-refractivity contribution in [3.63, 3.8) is 0 Å². The van der Waals surface area contributed by atoms with E-state index in [-0.39, 0.29) is 12.3 Å². The van der Waals surface area contributed by atoms with E-state index < -0.39 is 23.7 Å². The summed E-state index contributed by atoms with van der Waals surface area (Å²) in [5.74, 6) is -2.50. The van der Waals surface area contributed by atoms with Gasteiger partial charge in [-0.1, -0.05) is 0 Å². The van der Waals surface area contributed by atoms with Crippen LogP contribution in [0.25, 0.3) is 0 Å². The molecule has 0 aliphatic carbocycles. The molecule has 1 rings (SSSR count). The van der Waals surface area contributed by atoms with Crippen LogP contribution < -0.4 is 5.32 Å². The Morgan fingerprint density at radius 2 is 2.29 bits per heavy atom. The zero-order valence-corrected chi connectivity index (χ0v) is 9.01. The highest BCUT2D eigenvalue weighted by Gasteiger charge is 2.20. The van der Waals surface area contributed by atoms with Gasteiger partial charge in [0.05, 0.1) is 12.8 Å². The number of amides is 1. The van der Waals surface area contributed by atoms with Crippen molar-refractivity contribution in [1.29, 1.82) is 0 Å². The van der Waals surface area contributed by atoms with Crippen molar-refractivity contribution in [2.24, 2.45) is 0 Å². The molecule has 0 aliphatic heterocycles. The first-order valence-electron chi connectivity index (χ1n) is 4.68. The summed E-state index contributed by atoms with van der Waals surface area (Å²) in [4.78, 5) is 25.8. The van der Waals surface area contributed by atoms with Crippen molar-refractivity contribution >= 4 is 11.9 Å². The number of aromatic nitrogens is 1. The molecule has 1 amide bonds. The fraction of sp³-hybridized carbons (Fsp3) is 0.300. The fourth-order valence-corrected chi connectivity index (χ4v) is 1.08. The van der Waals surface area contributed by atoms with Crippen LogP contribution in [0.1, 0.15) is 10.5 Å². The molecule has 2 N–H and O–H groups in total. The number of carbonyl (C=O) groups excluding carboxylic acids is 1. The van der Waals surface area contributed by atoms with Crippen LogP contribution in [0, 0.1) is 5.82 Å². The van der Waals surface area contributed by atoms with Gasteiger partial charge in [-0.25, -0.2) is 14.2 Å². The summed E-state index contributed by atoms with van der Waals surface area (Å²) in [5, 5.41) is 11.0. The lowest BCUT2D eigenvalue weighted by Crippen LogP contribution is -2.44. The van der Waals surface area contributed by atoms with Gasteiger partial charge in [-0.2, -0.15) is 0 Å². The van der Waals surface area contributed by atoms with Gasteiger partial charge in [-0.3, -0.25) is 4.79 Å². The number of nitrogens with one attached hydrogen (secondary N) is 1. The third-order valence-corrected chi connectivity index (χ3v) is 1.90. The average Bonchev–Trinajstić information content (AvgIpc) is 2.29. The van der Waals surface area contributed by atoms with Crippen LogP contribution in [0.2, 0.25) is 0 Å².